The number of hydrogen-bond donors (Lipinski definition) is 2. The van der Waals surface area contributed by atoms with Crippen LogP contribution in [0.25, 0.3) is 0 Å². The Morgan fingerprint density at radius 1 is 1.52 bits per heavy atom. The van der Waals surface area contributed by atoms with Gasteiger partial charge in [-0.1, -0.05) is 6.92 Å². The van der Waals surface area contributed by atoms with Crippen molar-refractivity contribution in [2.75, 3.05) is 19.6 Å². The molecule has 6 nitrogen and oxygen atoms in total. The van der Waals surface area contributed by atoms with Gasteiger partial charge in [0.2, 0.25) is 10.0 Å². The van der Waals surface area contributed by atoms with Gasteiger partial charge in [0.05, 0.1) is 0 Å². The normalized spacial score (nSPS) is 15.6. The van der Waals surface area contributed by atoms with E-state index in [4.69, 9.17) is 5.11 Å². The van der Waals surface area contributed by atoms with Crippen LogP contribution < -0.4 is 4.72 Å². The first-order valence-corrected chi connectivity index (χ1v) is 9.22. The lowest BCUT2D eigenvalue weighted by molar-refractivity contribution is 0.0701. The van der Waals surface area contributed by atoms with Crippen LogP contribution >= 0.6 is 11.3 Å². The van der Waals surface area contributed by atoms with Crippen molar-refractivity contribution in [3.8, 4) is 0 Å². The van der Waals surface area contributed by atoms with E-state index in [0.717, 1.165) is 17.9 Å². The topological polar surface area (TPSA) is 86.7 Å². The van der Waals surface area contributed by atoms with Crippen molar-refractivity contribution in [2.24, 2.45) is 0 Å². The van der Waals surface area contributed by atoms with E-state index in [1.54, 1.807) is 6.92 Å². The average molecular weight is 332 g/mol. The number of carboxylic acids is 1. The number of sulfonamides is 1. The molecule has 1 saturated carbocycles. The number of hydrogen-bond acceptors (Lipinski definition) is 5. The van der Waals surface area contributed by atoms with Crippen molar-refractivity contribution in [1.82, 2.24) is 9.62 Å². The molecular weight excluding hydrogens is 312 g/mol. The lowest BCUT2D eigenvalue weighted by atomic mass is 10.3. The fraction of sp³-hybridized carbons (Fsp3) is 0.615. The van der Waals surface area contributed by atoms with Gasteiger partial charge >= 0.3 is 5.97 Å². The zero-order valence-electron chi connectivity index (χ0n) is 12.1. The summed E-state index contributed by atoms with van der Waals surface area (Å²) in [5, 5.41) is 8.98. The molecule has 1 heterocycles. The SMILES string of the molecule is CCN(CCNS(=O)(=O)c1cc(C)c(C(=O)O)s1)C1CC1. The van der Waals surface area contributed by atoms with E-state index in [0.29, 0.717) is 24.7 Å². The van der Waals surface area contributed by atoms with E-state index in [1.807, 2.05) is 0 Å². The highest BCUT2D eigenvalue weighted by atomic mass is 32.2. The third-order valence-electron chi connectivity index (χ3n) is 3.51. The van der Waals surface area contributed by atoms with E-state index in [-0.39, 0.29) is 9.09 Å². The van der Waals surface area contributed by atoms with Crippen molar-refractivity contribution in [3.05, 3.63) is 16.5 Å². The number of nitrogens with one attached hydrogen (secondary N) is 1. The number of aryl methyl sites for hydroxylation is 1. The maximum absolute atomic E-state index is 12.2. The molecular formula is C13H20N2O4S2. The van der Waals surface area contributed by atoms with Crippen LogP contribution in [0.5, 0.6) is 0 Å². The Hall–Kier alpha value is -0.960. The largest absolute Gasteiger partial charge is 0.477 e. The smallest absolute Gasteiger partial charge is 0.346 e. The van der Waals surface area contributed by atoms with Crippen molar-refractivity contribution in [3.63, 3.8) is 0 Å². The van der Waals surface area contributed by atoms with Crippen LogP contribution in [-0.4, -0.2) is 50.1 Å². The third-order valence-corrected chi connectivity index (χ3v) is 6.67. The van der Waals surface area contributed by atoms with Crippen LogP contribution in [0.3, 0.4) is 0 Å². The minimum atomic E-state index is -3.63. The molecule has 8 heteroatoms. The molecule has 0 radical (unpaired) electrons. The van der Waals surface area contributed by atoms with E-state index < -0.39 is 16.0 Å². The molecule has 0 bridgehead atoms. The lowest BCUT2D eigenvalue weighted by Crippen LogP contribution is -2.35. The monoisotopic (exact) mass is 332 g/mol. The molecule has 0 aromatic carbocycles. The Morgan fingerprint density at radius 2 is 2.19 bits per heavy atom. The molecule has 0 saturated heterocycles. The molecule has 0 unspecified atom stereocenters. The summed E-state index contributed by atoms with van der Waals surface area (Å²) in [5.41, 5.74) is 0.473. The Kier molecular flexibility index (Phi) is 5.03. The molecule has 2 rings (SSSR count). The van der Waals surface area contributed by atoms with E-state index in [1.165, 1.54) is 18.9 Å². The summed E-state index contributed by atoms with van der Waals surface area (Å²) in [7, 11) is -3.63. The molecule has 21 heavy (non-hydrogen) atoms. The van der Waals surface area contributed by atoms with Crippen LogP contribution in [0.4, 0.5) is 0 Å². The Labute approximate surface area is 128 Å². The first-order chi connectivity index (χ1) is 9.85. The number of aromatic carboxylic acids is 1. The summed E-state index contributed by atoms with van der Waals surface area (Å²) >= 11 is 0.794. The fourth-order valence-corrected chi connectivity index (χ4v) is 4.67. The number of carbonyl (C=O) groups is 1. The van der Waals surface area contributed by atoms with Gasteiger partial charge in [0, 0.05) is 19.1 Å². The summed E-state index contributed by atoms with van der Waals surface area (Å²) in [5.74, 6) is -1.09. The second-order valence-electron chi connectivity index (χ2n) is 5.14. The highest BCUT2D eigenvalue weighted by Gasteiger charge is 2.28. The minimum Gasteiger partial charge on any atom is -0.477 e. The average Bonchev–Trinajstić information content (AvgIpc) is 3.16. The molecule has 0 aliphatic heterocycles. The second kappa shape index (κ2) is 6.43. The van der Waals surface area contributed by atoms with Gasteiger partial charge in [-0.3, -0.25) is 4.90 Å². The van der Waals surface area contributed by atoms with Crippen LogP contribution in [0, 0.1) is 6.92 Å². The van der Waals surface area contributed by atoms with E-state index in [9.17, 15) is 13.2 Å². The first kappa shape index (κ1) is 16.4. The van der Waals surface area contributed by atoms with Gasteiger partial charge in [-0.2, -0.15) is 0 Å². The maximum atomic E-state index is 12.2. The van der Waals surface area contributed by atoms with Gasteiger partial charge in [0.25, 0.3) is 0 Å². The van der Waals surface area contributed by atoms with Crippen molar-refractivity contribution in [1.29, 1.82) is 0 Å². The van der Waals surface area contributed by atoms with Gasteiger partial charge in [0.1, 0.15) is 9.09 Å². The molecule has 0 atom stereocenters. The highest BCUT2D eigenvalue weighted by molar-refractivity contribution is 7.91. The summed E-state index contributed by atoms with van der Waals surface area (Å²) in [6.07, 6.45) is 2.37. The number of rotatable bonds is 8. The molecule has 0 amide bonds. The van der Waals surface area contributed by atoms with Gasteiger partial charge < -0.3 is 5.11 Å². The first-order valence-electron chi connectivity index (χ1n) is 6.92. The predicted molar refractivity (Wildman–Crippen MR) is 81.5 cm³/mol. The number of likely N-dealkylation sites (N-methyl/N-ethyl adjacent to an activating group) is 1. The zero-order chi connectivity index (χ0) is 15.6. The van der Waals surface area contributed by atoms with Crippen molar-refractivity contribution in [2.45, 2.75) is 36.9 Å². The summed E-state index contributed by atoms with van der Waals surface area (Å²) in [6, 6.07) is 2.01. The third kappa shape index (κ3) is 4.03. The molecule has 0 spiro atoms. The minimum absolute atomic E-state index is 0.0619. The fourth-order valence-electron chi connectivity index (χ4n) is 2.23. The van der Waals surface area contributed by atoms with Crippen molar-refractivity contribution < 1.29 is 18.3 Å². The van der Waals surface area contributed by atoms with E-state index in [2.05, 4.69) is 16.5 Å². The Morgan fingerprint density at radius 3 is 2.67 bits per heavy atom. The van der Waals surface area contributed by atoms with Gasteiger partial charge in [-0.05, 0) is 37.9 Å². The standard InChI is InChI=1S/C13H20N2O4S2/c1-3-15(10-4-5-10)7-6-14-21(18,19)11-8-9(2)12(20-11)13(16)17/h8,10,14H,3-7H2,1-2H3,(H,16,17). The van der Waals surface area contributed by atoms with E-state index >= 15 is 0 Å². The van der Waals surface area contributed by atoms with Gasteiger partial charge in [-0.15, -0.1) is 11.3 Å². The van der Waals surface area contributed by atoms with Gasteiger partial charge in [0.15, 0.2) is 0 Å². The number of nitrogens with zero attached hydrogens (tertiary/aromatic N) is 1. The quantitative estimate of drug-likeness (QED) is 0.754. The Bertz CT molecular complexity index is 620. The summed E-state index contributed by atoms with van der Waals surface area (Å²) in [4.78, 5) is 13.3. The number of thiophene rings is 1. The zero-order valence-corrected chi connectivity index (χ0v) is 13.8. The van der Waals surface area contributed by atoms with Crippen LogP contribution in [0.1, 0.15) is 35.0 Å². The molecule has 1 fully saturated rings. The molecule has 1 aliphatic rings. The van der Waals surface area contributed by atoms with Crippen LogP contribution in [0.2, 0.25) is 0 Å². The predicted octanol–water partition coefficient (Wildman–Crippen LogP) is 1.52. The maximum Gasteiger partial charge on any atom is 0.346 e. The van der Waals surface area contributed by atoms with Crippen LogP contribution in [0.15, 0.2) is 10.3 Å². The van der Waals surface area contributed by atoms with Crippen LogP contribution in [-0.2, 0) is 10.0 Å². The summed E-state index contributed by atoms with van der Waals surface area (Å²) < 4.78 is 26.9. The summed E-state index contributed by atoms with van der Waals surface area (Å²) in [6.45, 7) is 5.59. The highest BCUT2D eigenvalue weighted by Crippen LogP contribution is 2.27. The molecule has 118 valence electrons. The molecule has 1 aromatic heterocycles. The molecule has 1 aliphatic carbocycles. The molecule has 1 aromatic rings. The van der Waals surface area contributed by atoms with Gasteiger partial charge in [-0.25, -0.2) is 17.9 Å². The number of carboxylic acid groups (broad SMARTS) is 1. The molecule has 2 N–H and O–H groups in total. The lowest BCUT2D eigenvalue weighted by Gasteiger charge is -2.19. The second-order valence-corrected chi connectivity index (χ2v) is 8.19. The Balaban J connectivity index is 1.98. The van der Waals surface area contributed by atoms with Crippen molar-refractivity contribution >= 4 is 27.3 Å².